The summed E-state index contributed by atoms with van der Waals surface area (Å²) < 4.78 is 33.0. The fraction of sp³-hybridized carbons (Fsp3) is 0.261. The van der Waals surface area contributed by atoms with Crippen molar-refractivity contribution in [3.8, 4) is 11.6 Å². The fourth-order valence-corrected chi connectivity index (χ4v) is 3.32. The quantitative estimate of drug-likeness (QED) is 0.437. The molecule has 0 atom stereocenters. The van der Waals surface area contributed by atoms with Crippen LogP contribution in [0.3, 0.4) is 0 Å². The van der Waals surface area contributed by atoms with Gasteiger partial charge in [0.2, 0.25) is 5.88 Å². The number of nitrogens with zero attached hydrogens (tertiary/aromatic N) is 5. The lowest BCUT2D eigenvalue weighted by atomic mass is 10.0. The number of nitrogens with one attached hydrogen (secondary N) is 1. The van der Waals surface area contributed by atoms with E-state index in [1.165, 1.54) is 24.7 Å². The third-order valence-electron chi connectivity index (χ3n) is 5.05. The maximum Gasteiger partial charge on any atom is 0.270 e. The molecule has 1 aromatic carbocycles. The van der Waals surface area contributed by atoms with Crippen LogP contribution < -0.4 is 10.1 Å². The van der Waals surface area contributed by atoms with Crippen LogP contribution in [0.2, 0.25) is 0 Å². The summed E-state index contributed by atoms with van der Waals surface area (Å²) in [5.74, 6) is -1.60. The lowest BCUT2D eigenvalue weighted by molar-refractivity contribution is 0.0171. The van der Waals surface area contributed by atoms with Crippen LogP contribution in [0.5, 0.6) is 11.6 Å². The number of benzene rings is 1. The van der Waals surface area contributed by atoms with Crippen molar-refractivity contribution in [2.45, 2.75) is 33.1 Å². The van der Waals surface area contributed by atoms with E-state index in [2.05, 4.69) is 30.2 Å². The highest BCUT2D eigenvalue weighted by Crippen LogP contribution is 2.31. The highest BCUT2D eigenvalue weighted by molar-refractivity contribution is 5.81. The standard InChI is InChI=1S/C23H22F2N6O/c1-14-11-18(32-19-12-17(5-7-26-19)23(3,24)25)15(2)10-16(14)4-6-28-21-20-22(31-13-30-21)29-9-8-27-20/h5,7-13H,4,6H2,1-3H3,(H,28,29,30,31). The van der Waals surface area contributed by atoms with Crippen LogP contribution in [-0.4, -0.2) is 31.5 Å². The van der Waals surface area contributed by atoms with Crippen LogP contribution >= 0.6 is 0 Å². The van der Waals surface area contributed by atoms with E-state index in [1.54, 1.807) is 12.4 Å². The molecule has 0 unspecified atom stereocenters. The summed E-state index contributed by atoms with van der Waals surface area (Å²) in [5, 5.41) is 3.29. The molecule has 0 radical (unpaired) electrons. The minimum absolute atomic E-state index is 0.137. The minimum atomic E-state index is -2.95. The van der Waals surface area contributed by atoms with E-state index in [-0.39, 0.29) is 11.4 Å². The zero-order valence-electron chi connectivity index (χ0n) is 17.9. The minimum Gasteiger partial charge on any atom is -0.439 e. The topological polar surface area (TPSA) is 85.7 Å². The number of alkyl halides is 2. The number of anilines is 1. The monoisotopic (exact) mass is 436 g/mol. The molecule has 164 valence electrons. The number of rotatable bonds is 7. The fourth-order valence-electron chi connectivity index (χ4n) is 3.32. The van der Waals surface area contributed by atoms with E-state index in [4.69, 9.17) is 4.74 Å². The largest absolute Gasteiger partial charge is 0.439 e. The Labute approximate surface area is 184 Å². The number of pyridine rings is 1. The molecule has 0 aliphatic heterocycles. The second-order valence-electron chi connectivity index (χ2n) is 7.54. The van der Waals surface area contributed by atoms with Gasteiger partial charge in [0.15, 0.2) is 11.5 Å². The first-order valence-corrected chi connectivity index (χ1v) is 10.1. The molecule has 0 aliphatic rings. The Kier molecular flexibility index (Phi) is 5.89. The maximum absolute atomic E-state index is 13.6. The zero-order chi connectivity index (χ0) is 22.7. The molecule has 1 N–H and O–H groups in total. The molecule has 0 aliphatic carbocycles. The molecule has 0 bridgehead atoms. The number of aromatic nitrogens is 5. The van der Waals surface area contributed by atoms with Crippen LogP contribution in [0.25, 0.3) is 11.2 Å². The van der Waals surface area contributed by atoms with Gasteiger partial charge in [0.25, 0.3) is 5.92 Å². The molecular formula is C23H22F2N6O. The second-order valence-corrected chi connectivity index (χ2v) is 7.54. The van der Waals surface area contributed by atoms with Crippen LogP contribution in [0.15, 0.2) is 49.2 Å². The molecular weight excluding hydrogens is 414 g/mol. The van der Waals surface area contributed by atoms with Gasteiger partial charge >= 0.3 is 0 Å². The summed E-state index contributed by atoms with van der Waals surface area (Å²) in [6.45, 7) is 5.38. The molecule has 0 spiro atoms. The molecule has 0 fully saturated rings. The van der Waals surface area contributed by atoms with Gasteiger partial charge < -0.3 is 10.1 Å². The number of halogens is 2. The molecule has 3 aromatic heterocycles. The third-order valence-corrected chi connectivity index (χ3v) is 5.05. The first kappa shape index (κ1) is 21.5. The van der Waals surface area contributed by atoms with Crippen molar-refractivity contribution in [2.75, 3.05) is 11.9 Å². The Hall–Kier alpha value is -3.75. The SMILES string of the molecule is Cc1cc(Oc2cc(C(C)(F)F)ccn2)c(C)cc1CCNc1ncnc2nccnc12. The summed E-state index contributed by atoms with van der Waals surface area (Å²) in [4.78, 5) is 20.9. The Bertz CT molecular complexity index is 1250. The zero-order valence-corrected chi connectivity index (χ0v) is 17.9. The van der Waals surface area contributed by atoms with Gasteiger partial charge in [-0.05, 0) is 49.1 Å². The highest BCUT2D eigenvalue weighted by Gasteiger charge is 2.25. The van der Waals surface area contributed by atoms with Crippen LogP contribution in [0.4, 0.5) is 14.6 Å². The number of ether oxygens (including phenoxy) is 1. The van der Waals surface area contributed by atoms with Crippen molar-refractivity contribution in [3.63, 3.8) is 0 Å². The van der Waals surface area contributed by atoms with Crippen molar-refractivity contribution in [1.82, 2.24) is 24.9 Å². The van der Waals surface area contributed by atoms with Gasteiger partial charge in [-0.25, -0.2) is 33.7 Å². The Balaban J connectivity index is 1.46. The average molecular weight is 436 g/mol. The molecule has 0 amide bonds. The van der Waals surface area contributed by atoms with E-state index in [9.17, 15) is 8.78 Å². The molecule has 4 aromatic rings. The van der Waals surface area contributed by atoms with Crippen molar-refractivity contribution in [2.24, 2.45) is 0 Å². The normalized spacial score (nSPS) is 11.5. The highest BCUT2D eigenvalue weighted by atomic mass is 19.3. The molecule has 32 heavy (non-hydrogen) atoms. The van der Waals surface area contributed by atoms with E-state index < -0.39 is 5.92 Å². The van der Waals surface area contributed by atoms with Crippen molar-refractivity contribution in [1.29, 1.82) is 0 Å². The molecule has 4 rings (SSSR count). The first-order chi connectivity index (χ1) is 15.3. The van der Waals surface area contributed by atoms with E-state index in [1.807, 2.05) is 26.0 Å². The van der Waals surface area contributed by atoms with Gasteiger partial charge in [-0.2, -0.15) is 0 Å². The second kappa shape index (κ2) is 8.78. The summed E-state index contributed by atoms with van der Waals surface area (Å²) in [7, 11) is 0. The Morgan fingerprint density at radius 1 is 0.938 bits per heavy atom. The van der Waals surface area contributed by atoms with Crippen molar-refractivity contribution in [3.05, 3.63) is 71.4 Å². The molecule has 7 nitrogen and oxygen atoms in total. The molecule has 3 heterocycles. The maximum atomic E-state index is 13.6. The van der Waals surface area contributed by atoms with E-state index >= 15 is 0 Å². The summed E-state index contributed by atoms with van der Waals surface area (Å²) >= 11 is 0. The van der Waals surface area contributed by atoms with Crippen LogP contribution in [0.1, 0.15) is 29.2 Å². The first-order valence-electron chi connectivity index (χ1n) is 10.1. The van der Waals surface area contributed by atoms with Crippen LogP contribution in [0, 0.1) is 13.8 Å². The number of hydrogen-bond acceptors (Lipinski definition) is 7. The average Bonchev–Trinajstić information content (AvgIpc) is 2.77. The Morgan fingerprint density at radius 2 is 1.75 bits per heavy atom. The van der Waals surface area contributed by atoms with Gasteiger partial charge in [-0.3, -0.25) is 0 Å². The molecule has 0 saturated heterocycles. The smallest absolute Gasteiger partial charge is 0.270 e. The Morgan fingerprint density at radius 3 is 2.56 bits per heavy atom. The lowest BCUT2D eigenvalue weighted by Crippen LogP contribution is -2.09. The summed E-state index contributed by atoms with van der Waals surface area (Å²) in [6.07, 6.45) is 6.72. The van der Waals surface area contributed by atoms with Crippen molar-refractivity contribution < 1.29 is 13.5 Å². The van der Waals surface area contributed by atoms with Gasteiger partial charge in [0.05, 0.1) is 0 Å². The van der Waals surface area contributed by atoms with E-state index in [0.717, 1.165) is 30.0 Å². The molecule has 9 heteroatoms. The number of fused-ring (bicyclic) bond motifs is 1. The summed E-state index contributed by atoms with van der Waals surface area (Å²) in [5.41, 5.74) is 4.07. The van der Waals surface area contributed by atoms with Gasteiger partial charge in [-0.1, -0.05) is 6.07 Å². The molecule has 0 saturated carbocycles. The van der Waals surface area contributed by atoms with Crippen molar-refractivity contribution >= 4 is 17.0 Å². The van der Waals surface area contributed by atoms with Gasteiger partial charge in [0, 0.05) is 43.7 Å². The number of aryl methyl sites for hydroxylation is 2. The van der Waals surface area contributed by atoms with Crippen LogP contribution in [-0.2, 0) is 12.3 Å². The van der Waals surface area contributed by atoms with Gasteiger partial charge in [0.1, 0.15) is 17.6 Å². The third kappa shape index (κ3) is 4.77. The van der Waals surface area contributed by atoms with E-state index in [0.29, 0.717) is 29.3 Å². The summed E-state index contributed by atoms with van der Waals surface area (Å²) in [6, 6.07) is 6.48. The van der Waals surface area contributed by atoms with Gasteiger partial charge in [-0.15, -0.1) is 0 Å². The predicted octanol–water partition coefficient (Wildman–Crippen LogP) is 4.99. The predicted molar refractivity (Wildman–Crippen MR) is 117 cm³/mol. The lowest BCUT2D eigenvalue weighted by Gasteiger charge is -2.15. The number of hydrogen-bond donors (Lipinski definition) is 1.